The lowest BCUT2D eigenvalue weighted by molar-refractivity contribution is 0.0558. The summed E-state index contributed by atoms with van der Waals surface area (Å²) in [7, 11) is 1.44. The molecule has 0 aliphatic carbocycles. The Balaban J connectivity index is 1.60. The lowest BCUT2D eigenvalue weighted by Crippen LogP contribution is -2.24. The van der Waals surface area contributed by atoms with Crippen molar-refractivity contribution in [2.75, 3.05) is 26.1 Å². The molecule has 0 bridgehead atoms. The average Bonchev–Trinajstić information content (AvgIpc) is 3.20. The molecule has 1 fully saturated rings. The molecule has 3 aromatic rings. The Morgan fingerprint density at radius 1 is 1.35 bits per heavy atom. The van der Waals surface area contributed by atoms with Gasteiger partial charge < -0.3 is 20.5 Å². The molecule has 1 aromatic heterocycles. The summed E-state index contributed by atoms with van der Waals surface area (Å²) < 4.78 is 42.0. The lowest BCUT2D eigenvalue weighted by Gasteiger charge is -2.23. The number of carbonyl (C=O) groups is 1. The third kappa shape index (κ3) is 4.43. The number of nitriles is 1. The van der Waals surface area contributed by atoms with E-state index in [1.54, 1.807) is 24.3 Å². The molecule has 1 saturated heterocycles. The number of carbonyl (C=O) groups excluding carboxylic acids is 1. The Hall–Kier alpha value is -3.97. The van der Waals surface area contributed by atoms with E-state index in [4.69, 9.17) is 15.2 Å². The minimum atomic E-state index is -0.788. The zero-order valence-corrected chi connectivity index (χ0v) is 18.5. The van der Waals surface area contributed by atoms with Crippen LogP contribution in [0.25, 0.3) is 11.3 Å². The quantitative estimate of drug-likeness (QED) is 0.573. The fourth-order valence-corrected chi connectivity index (χ4v) is 3.95. The molecule has 0 spiro atoms. The number of nitrogen functional groups attached to an aromatic ring is 1. The van der Waals surface area contributed by atoms with E-state index < -0.39 is 17.5 Å². The van der Waals surface area contributed by atoms with Gasteiger partial charge in [-0.2, -0.15) is 10.4 Å². The van der Waals surface area contributed by atoms with Crippen molar-refractivity contribution in [2.24, 2.45) is 0 Å². The molecule has 1 unspecified atom stereocenters. The first-order chi connectivity index (χ1) is 16.4. The Morgan fingerprint density at radius 2 is 2.15 bits per heavy atom. The first kappa shape index (κ1) is 23.2. The molecular formula is C24H23F2N5O3. The van der Waals surface area contributed by atoms with E-state index in [9.17, 15) is 14.4 Å². The Bertz CT molecular complexity index is 1260. The van der Waals surface area contributed by atoms with Gasteiger partial charge in [-0.3, -0.25) is 4.79 Å². The van der Waals surface area contributed by atoms with Gasteiger partial charge in [0.2, 0.25) is 0 Å². The van der Waals surface area contributed by atoms with Gasteiger partial charge in [0, 0.05) is 24.3 Å². The number of benzene rings is 2. The van der Waals surface area contributed by atoms with Crippen molar-refractivity contribution in [3.05, 3.63) is 64.7 Å². The highest BCUT2D eigenvalue weighted by atomic mass is 19.1. The molecule has 34 heavy (non-hydrogen) atoms. The van der Waals surface area contributed by atoms with Crippen molar-refractivity contribution in [1.29, 1.82) is 5.26 Å². The predicted octanol–water partition coefficient (Wildman–Crippen LogP) is 3.57. The second-order valence-electron chi connectivity index (χ2n) is 7.84. The number of nitrogens with one attached hydrogen (secondary N) is 1. The Kier molecular flexibility index (Phi) is 6.75. The molecule has 1 aliphatic heterocycles. The van der Waals surface area contributed by atoms with Crippen LogP contribution in [-0.4, -0.2) is 36.0 Å². The number of hydrogen-bond donors (Lipinski definition) is 2. The summed E-state index contributed by atoms with van der Waals surface area (Å²) in [5, 5.41) is 16.5. The second kappa shape index (κ2) is 9.89. The van der Waals surface area contributed by atoms with Crippen LogP contribution in [0.3, 0.4) is 0 Å². The van der Waals surface area contributed by atoms with Gasteiger partial charge in [-0.1, -0.05) is 12.1 Å². The van der Waals surface area contributed by atoms with E-state index in [1.165, 1.54) is 11.8 Å². The van der Waals surface area contributed by atoms with Crippen molar-refractivity contribution in [2.45, 2.75) is 25.4 Å². The number of rotatable bonds is 6. The fraction of sp³-hybridized carbons (Fsp3) is 0.292. The zero-order chi connectivity index (χ0) is 24.2. The monoisotopic (exact) mass is 467 g/mol. The molecule has 176 valence electrons. The first-order valence-corrected chi connectivity index (χ1v) is 10.7. The highest BCUT2D eigenvalue weighted by Crippen LogP contribution is 2.33. The number of anilines is 1. The minimum absolute atomic E-state index is 0.0268. The van der Waals surface area contributed by atoms with Crippen molar-refractivity contribution in [3.8, 4) is 23.1 Å². The van der Waals surface area contributed by atoms with Crippen LogP contribution >= 0.6 is 0 Å². The molecule has 1 aliphatic rings. The second-order valence-corrected chi connectivity index (χ2v) is 7.84. The molecule has 10 heteroatoms. The zero-order valence-electron chi connectivity index (χ0n) is 18.5. The summed E-state index contributed by atoms with van der Waals surface area (Å²) in [5.74, 6) is -1.59. The van der Waals surface area contributed by atoms with Gasteiger partial charge in [-0.25, -0.2) is 13.5 Å². The first-order valence-electron chi connectivity index (χ1n) is 10.7. The molecule has 0 saturated carbocycles. The summed E-state index contributed by atoms with van der Waals surface area (Å²) in [6.07, 6.45) is 1.55. The van der Waals surface area contributed by atoms with Crippen LogP contribution in [0.15, 0.2) is 36.4 Å². The number of ether oxygens (including phenoxy) is 2. The molecule has 4 rings (SSSR count). The lowest BCUT2D eigenvalue weighted by atomic mass is 10.0. The molecule has 2 heterocycles. The van der Waals surface area contributed by atoms with Gasteiger partial charge in [-0.15, -0.1) is 0 Å². The standard InChI is InChI=1S/C24H23F2N5O3/c1-33-21-7-3-2-6-16(21)24(32)29-12-14-9-20(26)17(10-19(14)25)22-18(11-27)23(28)31(30-22)15-5-4-8-34-13-15/h2-3,6-7,9-10,15H,4-5,8,12-13,28H2,1H3,(H,29,32). The number of methoxy groups -OCH3 is 1. The van der Waals surface area contributed by atoms with Crippen LogP contribution in [0.2, 0.25) is 0 Å². The minimum Gasteiger partial charge on any atom is -0.496 e. The highest BCUT2D eigenvalue weighted by molar-refractivity contribution is 5.96. The van der Waals surface area contributed by atoms with Crippen LogP contribution in [0.4, 0.5) is 14.6 Å². The van der Waals surface area contributed by atoms with Crippen molar-refractivity contribution in [1.82, 2.24) is 15.1 Å². The van der Waals surface area contributed by atoms with Crippen LogP contribution < -0.4 is 15.8 Å². The van der Waals surface area contributed by atoms with Crippen molar-refractivity contribution in [3.63, 3.8) is 0 Å². The number of hydrogen-bond acceptors (Lipinski definition) is 6. The van der Waals surface area contributed by atoms with E-state index in [2.05, 4.69) is 10.4 Å². The number of nitrogens with zero attached hydrogens (tertiary/aromatic N) is 3. The number of aromatic nitrogens is 2. The Labute approximate surface area is 194 Å². The maximum Gasteiger partial charge on any atom is 0.255 e. The van der Waals surface area contributed by atoms with Gasteiger partial charge in [0.05, 0.1) is 25.3 Å². The van der Waals surface area contributed by atoms with E-state index in [0.717, 1.165) is 25.0 Å². The SMILES string of the molecule is COc1ccccc1C(=O)NCc1cc(F)c(-c2nn(C3CCCOC3)c(N)c2C#N)cc1F. The molecule has 3 N–H and O–H groups in total. The largest absolute Gasteiger partial charge is 0.496 e. The summed E-state index contributed by atoms with van der Waals surface area (Å²) in [5.41, 5.74) is 6.08. The highest BCUT2D eigenvalue weighted by Gasteiger charge is 2.26. The molecule has 1 atom stereocenters. The van der Waals surface area contributed by atoms with E-state index in [0.29, 0.717) is 19.0 Å². The van der Waals surface area contributed by atoms with E-state index in [1.807, 2.05) is 6.07 Å². The van der Waals surface area contributed by atoms with Crippen LogP contribution in [0.5, 0.6) is 5.75 Å². The van der Waals surface area contributed by atoms with Crippen LogP contribution in [0, 0.1) is 23.0 Å². The number of para-hydroxylation sites is 1. The maximum atomic E-state index is 15.1. The molecule has 1 amide bonds. The van der Waals surface area contributed by atoms with Crippen molar-refractivity contribution >= 4 is 11.7 Å². The molecule has 2 aromatic carbocycles. The summed E-state index contributed by atoms with van der Waals surface area (Å²) in [4.78, 5) is 12.5. The third-order valence-electron chi connectivity index (χ3n) is 5.72. The Morgan fingerprint density at radius 3 is 2.85 bits per heavy atom. The molecule has 0 radical (unpaired) electrons. The fourth-order valence-electron chi connectivity index (χ4n) is 3.95. The average molecular weight is 467 g/mol. The summed E-state index contributed by atoms with van der Waals surface area (Å²) in [6, 6.07) is 10.3. The number of nitrogens with two attached hydrogens (primary N) is 1. The van der Waals surface area contributed by atoms with Crippen LogP contribution in [0.1, 0.15) is 40.4 Å². The van der Waals surface area contributed by atoms with Gasteiger partial charge in [-0.05, 0) is 37.1 Å². The van der Waals surface area contributed by atoms with E-state index in [-0.39, 0.29) is 46.4 Å². The van der Waals surface area contributed by atoms with E-state index >= 15 is 4.39 Å². The number of amides is 1. The normalized spacial score (nSPS) is 15.5. The topological polar surface area (TPSA) is 115 Å². The van der Waals surface area contributed by atoms with Gasteiger partial charge >= 0.3 is 0 Å². The summed E-state index contributed by atoms with van der Waals surface area (Å²) in [6.45, 7) is 0.753. The van der Waals surface area contributed by atoms with Gasteiger partial charge in [0.15, 0.2) is 0 Å². The molecule has 8 nitrogen and oxygen atoms in total. The predicted molar refractivity (Wildman–Crippen MR) is 120 cm³/mol. The van der Waals surface area contributed by atoms with Crippen LogP contribution in [-0.2, 0) is 11.3 Å². The smallest absolute Gasteiger partial charge is 0.255 e. The third-order valence-corrected chi connectivity index (χ3v) is 5.72. The molecular weight excluding hydrogens is 444 g/mol. The van der Waals surface area contributed by atoms with Gasteiger partial charge in [0.25, 0.3) is 5.91 Å². The maximum absolute atomic E-state index is 15.1. The summed E-state index contributed by atoms with van der Waals surface area (Å²) >= 11 is 0. The number of halogens is 2. The van der Waals surface area contributed by atoms with Gasteiger partial charge in [0.1, 0.15) is 40.5 Å². The van der Waals surface area contributed by atoms with Crippen molar-refractivity contribution < 1.29 is 23.0 Å².